The lowest BCUT2D eigenvalue weighted by Crippen LogP contribution is -2.36. The zero-order valence-electron chi connectivity index (χ0n) is 12.5. The van der Waals surface area contributed by atoms with Crippen molar-refractivity contribution in [2.45, 2.75) is 32.4 Å². The summed E-state index contributed by atoms with van der Waals surface area (Å²) in [6.07, 6.45) is 1.88. The Balaban J connectivity index is 1.56. The van der Waals surface area contributed by atoms with Crippen molar-refractivity contribution in [3.05, 3.63) is 69.7 Å². The largest absolute Gasteiger partial charge is 0.334 e. The first kappa shape index (κ1) is 14.9. The summed E-state index contributed by atoms with van der Waals surface area (Å²) >= 11 is 6.01. The number of nitrogens with one attached hydrogen (secondary N) is 2. The molecule has 0 radical (unpaired) electrons. The van der Waals surface area contributed by atoms with Crippen LogP contribution in [-0.4, -0.2) is 6.03 Å². The molecule has 2 N–H and O–H groups in total. The SMILES string of the molecule is Cc1ccc(CNC(=O)NC2CCc3cc(Cl)ccc32)cc1. The fourth-order valence-corrected chi connectivity index (χ4v) is 3.03. The molecule has 22 heavy (non-hydrogen) atoms. The molecule has 3 nitrogen and oxygen atoms in total. The Morgan fingerprint density at radius 3 is 2.77 bits per heavy atom. The average molecular weight is 315 g/mol. The normalized spacial score (nSPS) is 16.2. The van der Waals surface area contributed by atoms with Crippen molar-refractivity contribution < 1.29 is 4.79 Å². The highest BCUT2D eigenvalue weighted by Crippen LogP contribution is 2.32. The van der Waals surface area contributed by atoms with Gasteiger partial charge in [0, 0.05) is 11.6 Å². The maximum absolute atomic E-state index is 12.1. The van der Waals surface area contributed by atoms with Crippen LogP contribution in [0.3, 0.4) is 0 Å². The maximum Gasteiger partial charge on any atom is 0.315 e. The Hall–Kier alpha value is -2.00. The number of carbonyl (C=O) groups is 1. The monoisotopic (exact) mass is 314 g/mol. The molecule has 1 aliphatic carbocycles. The minimum atomic E-state index is -0.131. The fourth-order valence-electron chi connectivity index (χ4n) is 2.83. The van der Waals surface area contributed by atoms with Gasteiger partial charge in [-0.3, -0.25) is 0 Å². The third kappa shape index (κ3) is 3.42. The van der Waals surface area contributed by atoms with E-state index >= 15 is 0 Å². The molecule has 1 aliphatic rings. The smallest absolute Gasteiger partial charge is 0.315 e. The van der Waals surface area contributed by atoms with Gasteiger partial charge >= 0.3 is 6.03 Å². The zero-order valence-corrected chi connectivity index (χ0v) is 13.3. The van der Waals surface area contributed by atoms with E-state index in [-0.39, 0.29) is 12.1 Å². The molecule has 3 rings (SSSR count). The van der Waals surface area contributed by atoms with Crippen LogP contribution in [0.2, 0.25) is 5.02 Å². The number of rotatable bonds is 3. The van der Waals surface area contributed by atoms with E-state index in [4.69, 9.17) is 11.6 Å². The minimum absolute atomic E-state index is 0.0743. The standard InChI is InChI=1S/C18H19ClN2O/c1-12-2-4-13(5-3-12)11-20-18(22)21-17-9-6-14-10-15(19)7-8-16(14)17/h2-5,7-8,10,17H,6,9,11H2,1H3,(H2,20,21,22). The van der Waals surface area contributed by atoms with E-state index in [2.05, 4.69) is 10.6 Å². The Bertz CT molecular complexity index is 682. The summed E-state index contributed by atoms with van der Waals surface area (Å²) in [5.41, 5.74) is 4.72. The van der Waals surface area contributed by atoms with Crippen LogP contribution >= 0.6 is 11.6 Å². The first-order chi connectivity index (χ1) is 10.6. The van der Waals surface area contributed by atoms with Gasteiger partial charge in [0.25, 0.3) is 0 Å². The fraction of sp³-hybridized carbons (Fsp3) is 0.278. The highest BCUT2D eigenvalue weighted by molar-refractivity contribution is 6.30. The molecular formula is C18H19ClN2O. The topological polar surface area (TPSA) is 41.1 Å². The van der Waals surface area contributed by atoms with Gasteiger partial charge in [-0.1, -0.05) is 47.5 Å². The van der Waals surface area contributed by atoms with E-state index in [1.165, 1.54) is 16.7 Å². The Morgan fingerprint density at radius 2 is 2.00 bits per heavy atom. The van der Waals surface area contributed by atoms with Crippen LogP contribution < -0.4 is 10.6 Å². The van der Waals surface area contributed by atoms with E-state index in [0.29, 0.717) is 6.54 Å². The van der Waals surface area contributed by atoms with Crippen molar-refractivity contribution in [3.63, 3.8) is 0 Å². The first-order valence-electron chi connectivity index (χ1n) is 7.50. The highest BCUT2D eigenvalue weighted by Gasteiger charge is 2.23. The molecule has 0 aromatic heterocycles. The van der Waals surface area contributed by atoms with Gasteiger partial charge in [-0.25, -0.2) is 4.79 Å². The summed E-state index contributed by atoms with van der Waals surface area (Å²) in [6, 6.07) is 14.0. The Labute approximate surface area is 135 Å². The summed E-state index contributed by atoms with van der Waals surface area (Å²) < 4.78 is 0. The van der Waals surface area contributed by atoms with Crippen LogP contribution in [0.25, 0.3) is 0 Å². The zero-order chi connectivity index (χ0) is 15.5. The van der Waals surface area contributed by atoms with E-state index in [1.807, 2.05) is 49.4 Å². The van der Waals surface area contributed by atoms with Crippen LogP contribution in [0.5, 0.6) is 0 Å². The summed E-state index contributed by atoms with van der Waals surface area (Å²) in [5.74, 6) is 0. The van der Waals surface area contributed by atoms with Gasteiger partial charge in [0.1, 0.15) is 0 Å². The second kappa shape index (κ2) is 6.41. The summed E-state index contributed by atoms with van der Waals surface area (Å²) in [7, 11) is 0. The molecule has 114 valence electrons. The molecule has 0 bridgehead atoms. The van der Waals surface area contributed by atoms with E-state index in [9.17, 15) is 4.79 Å². The predicted octanol–water partition coefficient (Wildman–Crippen LogP) is 4.14. The van der Waals surface area contributed by atoms with Gasteiger partial charge in [0.2, 0.25) is 0 Å². The number of aryl methyl sites for hydroxylation is 2. The molecule has 0 heterocycles. The lowest BCUT2D eigenvalue weighted by Gasteiger charge is -2.15. The third-order valence-electron chi connectivity index (χ3n) is 4.06. The molecule has 0 spiro atoms. The summed E-state index contributed by atoms with van der Waals surface area (Å²) in [6.45, 7) is 2.58. The number of fused-ring (bicyclic) bond motifs is 1. The van der Waals surface area contributed by atoms with E-state index in [1.54, 1.807) is 0 Å². The van der Waals surface area contributed by atoms with Crippen LogP contribution in [-0.2, 0) is 13.0 Å². The van der Waals surface area contributed by atoms with Gasteiger partial charge in [-0.05, 0) is 48.6 Å². The molecule has 1 atom stereocenters. The third-order valence-corrected chi connectivity index (χ3v) is 4.30. The second-order valence-electron chi connectivity index (χ2n) is 5.75. The van der Waals surface area contributed by atoms with Crippen LogP contribution in [0.15, 0.2) is 42.5 Å². The molecule has 4 heteroatoms. The number of amides is 2. The van der Waals surface area contributed by atoms with Crippen LogP contribution in [0, 0.1) is 6.92 Å². The van der Waals surface area contributed by atoms with Crippen molar-refractivity contribution in [1.29, 1.82) is 0 Å². The first-order valence-corrected chi connectivity index (χ1v) is 7.88. The van der Waals surface area contributed by atoms with Crippen molar-refractivity contribution in [1.82, 2.24) is 10.6 Å². The van der Waals surface area contributed by atoms with E-state index < -0.39 is 0 Å². The summed E-state index contributed by atoms with van der Waals surface area (Å²) in [5, 5.41) is 6.71. The molecular weight excluding hydrogens is 296 g/mol. The molecule has 0 fully saturated rings. The van der Waals surface area contributed by atoms with Crippen molar-refractivity contribution in [2.24, 2.45) is 0 Å². The van der Waals surface area contributed by atoms with Crippen molar-refractivity contribution in [2.75, 3.05) is 0 Å². The van der Waals surface area contributed by atoms with Crippen LogP contribution in [0.4, 0.5) is 4.79 Å². The molecule has 0 saturated heterocycles. The van der Waals surface area contributed by atoms with Gasteiger partial charge in [0.15, 0.2) is 0 Å². The number of benzene rings is 2. The molecule has 2 aromatic carbocycles. The number of halogens is 1. The molecule has 0 aliphatic heterocycles. The maximum atomic E-state index is 12.1. The number of urea groups is 1. The quantitative estimate of drug-likeness (QED) is 0.878. The highest BCUT2D eigenvalue weighted by atomic mass is 35.5. The summed E-state index contributed by atoms with van der Waals surface area (Å²) in [4.78, 5) is 12.1. The van der Waals surface area contributed by atoms with Gasteiger partial charge < -0.3 is 10.6 Å². The number of carbonyl (C=O) groups excluding carboxylic acids is 1. The van der Waals surface area contributed by atoms with Crippen molar-refractivity contribution in [3.8, 4) is 0 Å². The molecule has 1 unspecified atom stereocenters. The predicted molar refractivity (Wildman–Crippen MR) is 89.1 cm³/mol. The number of hydrogen-bond donors (Lipinski definition) is 2. The molecule has 0 saturated carbocycles. The van der Waals surface area contributed by atoms with Gasteiger partial charge in [-0.15, -0.1) is 0 Å². The minimum Gasteiger partial charge on any atom is -0.334 e. The second-order valence-corrected chi connectivity index (χ2v) is 6.18. The Kier molecular flexibility index (Phi) is 4.34. The van der Waals surface area contributed by atoms with E-state index in [0.717, 1.165) is 23.4 Å². The lowest BCUT2D eigenvalue weighted by molar-refractivity contribution is 0.236. The number of hydrogen-bond acceptors (Lipinski definition) is 1. The molecule has 2 aromatic rings. The Morgan fingerprint density at radius 1 is 1.23 bits per heavy atom. The lowest BCUT2D eigenvalue weighted by atomic mass is 10.1. The van der Waals surface area contributed by atoms with Gasteiger partial charge in [0.05, 0.1) is 6.04 Å². The van der Waals surface area contributed by atoms with Gasteiger partial charge in [-0.2, -0.15) is 0 Å². The average Bonchev–Trinajstić information content (AvgIpc) is 2.89. The van der Waals surface area contributed by atoms with Crippen molar-refractivity contribution >= 4 is 17.6 Å². The molecule has 2 amide bonds. The van der Waals surface area contributed by atoms with Crippen LogP contribution in [0.1, 0.15) is 34.7 Å².